The quantitative estimate of drug-likeness (QED) is 0.654. The highest BCUT2D eigenvalue weighted by Crippen LogP contribution is 2.35. The van der Waals surface area contributed by atoms with E-state index in [1.807, 2.05) is 0 Å². The maximum Gasteiger partial charge on any atom is 0.0502 e. The van der Waals surface area contributed by atoms with Gasteiger partial charge in [-0.2, -0.15) is 0 Å². The normalized spacial score (nSPS) is 23.6. The topological polar surface area (TPSA) is 20.2 Å². The van der Waals surface area contributed by atoms with Crippen molar-refractivity contribution >= 4 is 0 Å². The molecule has 1 nitrogen and oxygen atoms in total. The first-order valence-electron chi connectivity index (χ1n) is 8.21. The fraction of sp³-hybridized carbons (Fsp3) is 0.600. The van der Waals surface area contributed by atoms with Crippen molar-refractivity contribution in [2.24, 2.45) is 11.8 Å². The van der Waals surface area contributed by atoms with Gasteiger partial charge in [0.1, 0.15) is 0 Å². The summed E-state index contributed by atoms with van der Waals surface area (Å²) in [4.78, 5) is 0. The molecule has 0 saturated carbocycles. The summed E-state index contributed by atoms with van der Waals surface area (Å²) >= 11 is 0. The predicted octanol–water partition coefficient (Wildman–Crippen LogP) is 5.59. The summed E-state index contributed by atoms with van der Waals surface area (Å²) < 4.78 is 0. The minimum atomic E-state index is 0.184. The highest BCUT2D eigenvalue weighted by molar-refractivity contribution is 5.16. The van der Waals surface area contributed by atoms with Gasteiger partial charge in [-0.1, -0.05) is 47.6 Å². The van der Waals surface area contributed by atoms with Gasteiger partial charge in [0.2, 0.25) is 0 Å². The van der Waals surface area contributed by atoms with E-state index in [2.05, 4.69) is 46.1 Å². The zero-order valence-corrected chi connectivity index (χ0v) is 14.1. The third kappa shape index (κ3) is 6.05. The lowest BCUT2D eigenvalue weighted by atomic mass is 9.77. The molecule has 0 amide bonds. The van der Waals surface area contributed by atoms with Gasteiger partial charge >= 0.3 is 0 Å². The van der Waals surface area contributed by atoms with Gasteiger partial charge in [-0.15, -0.1) is 0 Å². The number of rotatable bonds is 5. The lowest BCUT2D eigenvalue weighted by Crippen LogP contribution is -2.22. The van der Waals surface area contributed by atoms with E-state index >= 15 is 0 Å². The Hall–Kier alpha value is -1.08. The molecule has 0 heterocycles. The van der Waals surface area contributed by atoms with Crippen molar-refractivity contribution < 1.29 is 5.11 Å². The van der Waals surface area contributed by atoms with E-state index < -0.39 is 0 Å². The molecular weight excluding hydrogens is 256 g/mol. The fourth-order valence-corrected chi connectivity index (χ4v) is 3.14. The molecule has 1 rings (SSSR count). The van der Waals surface area contributed by atoms with Crippen LogP contribution in [0.3, 0.4) is 0 Å². The van der Waals surface area contributed by atoms with Crippen LogP contribution in [0.15, 0.2) is 47.6 Å². The Labute approximate surface area is 131 Å². The van der Waals surface area contributed by atoms with E-state index in [4.69, 9.17) is 0 Å². The average Bonchev–Trinajstić information content (AvgIpc) is 2.48. The van der Waals surface area contributed by atoms with Gasteiger partial charge in [0, 0.05) is 5.92 Å². The summed E-state index contributed by atoms with van der Waals surface area (Å²) in [6.45, 7) is 15.2. The minimum Gasteiger partial charge on any atom is -0.396 e. The van der Waals surface area contributed by atoms with Crippen LogP contribution < -0.4 is 0 Å². The van der Waals surface area contributed by atoms with Crippen molar-refractivity contribution in [1.29, 1.82) is 0 Å². The molecule has 0 radical (unpaired) electrons. The van der Waals surface area contributed by atoms with Crippen LogP contribution in [0.5, 0.6) is 0 Å². The second-order valence-electron chi connectivity index (χ2n) is 6.66. The van der Waals surface area contributed by atoms with Gasteiger partial charge in [-0.25, -0.2) is 0 Å². The zero-order valence-electron chi connectivity index (χ0n) is 14.1. The molecule has 0 aromatic carbocycles. The average molecular weight is 288 g/mol. The van der Waals surface area contributed by atoms with Crippen LogP contribution in [-0.2, 0) is 0 Å². The molecule has 2 unspecified atom stereocenters. The van der Waals surface area contributed by atoms with Crippen molar-refractivity contribution in [2.45, 2.75) is 59.3 Å². The third-order valence-electron chi connectivity index (χ3n) is 4.56. The highest BCUT2D eigenvalue weighted by atomic mass is 16.3. The molecule has 1 N–H and O–H groups in total. The smallest absolute Gasteiger partial charge is 0.0502 e. The van der Waals surface area contributed by atoms with Crippen molar-refractivity contribution in [3.05, 3.63) is 47.6 Å². The summed E-state index contributed by atoms with van der Waals surface area (Å²) in [5.74, 6) is 0.554. The Morgan fingerprint density at radius 1 is 1.38 bits per heavy atom. The highest BCUT2D eigenvalue weighted by Gasteiger charge is 2.25. The van der Waals surface area contributed by atoms with Gasteiger partial charge < -0.3 is 5.11 Å². The molecule has 0 aliphatic heterocycles. The largest absolute Gasteiger partial charge is 0.396 e. The molecule has 0 saturated heterocycles. The summed E-state index contributed by atoms with van der Waals surface area (Å²) in [6, 6.07) is 0. The molecule has 0 spiro atoms. The monoisotopic (exact) mass is 288 g/mol. The first-order valence-corrected chi connectivity index (χ1v) is 8.21. The first-order chi connectivity index (χ1) is 9.95. The maximum absolute atomic E-state index is 9.84. The first kappa shape index (κ1) is 18.0. The van der Waals surface area contributed by atoms with Gasteiger partial charge in [0.25, 0.3) is 0 Å². The second-order valence-corrected chi connectivity index (χ2v) is 6.66. The Balaban J connectivity index is 2.80. The van der Waals surface area contributed by atoms with Gasteiger partial charge in [0.05, 0.1) is 6.61 Å². The molecule has 1 aliphatic carbocycles. The van der Waals surface area contributed by atoms with E-state index in [0.717, 1.165) is 38.5 Å². The second kappa shape index (κ2) is 9.04. The van der Waals surface area contributed by atoms with Crippen molar-refractivity contribution in [3.8, 4) is 0 Å². The van der Waals surface area contributed by atoms with Gasteiger partial charge in [0.15, 0.2) is 0 Å². The van der Waals surface area contributed by atoms with Crippen LogP contribution in [-0.4, -0.2) is 11.7 Å². The third-order valence-corrected chi connectivity index (χ3v) is 4.56. The van der Waals surface area contributed by atoms with Crippen LogP contribution in [0.4, 0.5) is 0 Å². The molecule has 0 aromatic heterocycles. The summed E-state index contributed by atoms with van der Waals surface area (Å²) in [5, 5.41) is 9.84. The number of hydrogen-bond donors (Lipinski definition) is 1. The molecular formula is C20H32O. The molecule has 118 valence electrons. The lowest BCUT2D eigenvalue weighted by Gasteiger charge is -2.29. The van der Waals surface area contributed by atoms with Crippen LogP contribution in [0, 0.1) is 11.8 Å². The number of hydrogen-bond acceptors (Lipinski definition) is 1. The summed E-state index contributed by atoms with van der Waals surface area (Å²) in [6.07, 6.45) is 10.9. The number of aliphatic hydroxyl groups excluding tert-OH is 1. The Morgan fingerprint density at radius 2 is 2.10 bits per heavy atom. The number of allylic oxidation sites excluding steroid dienone is 5. The Bertz CT molecular complexity index is 421. The van der Waals surface area contributed by atoms with Gasteiger partial charge in [-0.05, 0) is 65.2 Å². The molecule has 1 aliphatic rings. The van der Waals surface area contributed by atoms with Gasteiger partial charge in [-0.3, -0.25) is 0 Å². The molecule has 0 aromatic rings. The van der Waals surface area contributed by atoms with E-state index in [9.17, 15) is 5.11 Å². The Kier molecular flexibility index (Phi) is 7.74. The minimum absolute atomic E-state index is 0.184. The maximum atomic E-state index is 9.84. The molecule has 0 bridgehead atoms. The van der Waals surface area contributed by atoms with E-state index in [1.165, 1.54) is 22.3 Å². The molecule has 0 fully saturated rings. The lowest BCUT2D eigenvalue weighted by molar-refractivity contribution is 0.205. The Morgan fingerprint density at radius 3 is 2.71 bits per heavy atom. The van der Waals surface area contributed by atoms with E-state index in [-0.39, 0.29) is 12.5 Å². The van der Waals surface area contributed by atoms with Crippen LogP contribution >= 0.6 is 0 Å². The fourth-order valence-electron chi connectivity index (χ4n) is 3.14. The van der Waals surface area contributed by atoms with Crippen molar-refractivity contribution in [3.63, 3.8) is 0 Å². The zero-order chi connectivity index (χ0) is 15.8. The van der Waals surface area contributed by atoms with Crippen LogP contribution in [0.1, 0.15) is 59.3 Å². The molecule has 2 atom stereocenters. The van der Waals surface area contributed by atoms with Crippen molar-refractivity contribution in [1.82, 2.24) is 0 Å². The van der Waals surface area contributed by atoms with E-state index in [1.54, 1.807) is 0 Å². The van der Waals surface area contributed by atoms with Crippen LogP contribution in [0.2, 0.25) is 0 Å². The summed E-state index contributed by atoms with van der Waals surface area (Å²) in [7, 11) is 0. The van der Waals surface area contributed by atoms with E-state index in [0.29, 0.717) is 5.92 Å². The molecule has 1 heteroatoms. The SMILES string of the molecule is C=C1CCC=C(C)CCC(C(=C)CCC=C(C)C)C1CO. The number of aliphatic hydroxyl groups is 1. The summed E-state index contributed by atoms with van der Waals surface area (Å²) in [5.41, 5.74) is 5.29. The van der Waals surface area contributed by atoms with Crippen molar-refractivity contribution in [2.75, 3.05) is 6.61 Å². The predicted molar refractivity (Wildman–Crippen MR) is 93.2 cm³/mol. The standard InChI is InChI=1S/C20H32O/c1-15(2)8-6-10-17(4)19-13-12-16(3)9-7-11-18(5)20(19)14-21/h8-9,19-21H,4-7,10-14H2,1-3H3. The molecule has 21 heavy (non-hydrogen) atoms. The van der Waals surface area contributed by atoms with Crippen LogP contribution in [0.25, 0.3) is 0 Å².